The predicted molar refractivity (Wildman–Crippen MR) is 97.7 cm³/mol. The summed E-state index contributed by atoms with van der Waals surface area (Å²) in [5, 5.41) is 2.73. The van der Waals surface area contributed by atoms with E-state index in [-0.39, 0.29) is 17.1 Å². The summed E-state index contributed by atoms with van der Waals surface area (Å²) in [6.45, 7) is 0. The standard InChI is InChI=1S/C18H9N3O2S2/c22-15-11-4-8-24-17(11)16(23)12(15)9-10-1-2-14(25-10)21-7-3-13-18(21)20-6-5-19-13/h1-9H/b12-9+. The van der Waals surface area contributed by atoms with Crippen molar-refractivity contribution in [2.75, 3.05) is 0 Å². The molecule has 0 aromatic carbocycles. The number of rotatable bonds is 2. The molecule has 0 spiro atoms. The summed E-state index contributed by atoms with van der Waals surface area (Å²) in [6.07, 6.45) is 6.91. The fraction of sp³-hybridized carbons (Fsp3) is 0. The first-order chi connectivity index (χ1) is 12.2. The van der Waals surface area contributed by atoms with Gasteiger partial charge >= 0.3 is 0 Å². The monoisotopic (exact) mass is 363 g/mol. The van der Waals surface area contributed by atoms with Crippen molar-refractivity contribution in [3.63, 3.8) is 0 Å². The molecule has 0 saturated heterocycles. The number of hydrogen-bond donors (Lipinski definition) is 0. The Balaban J connectivity index is 1.55. The first kappa shape index (κ1) is 14.4. The number of carbonyl (C=O) groups is 2. The Morgan fingerprint density at radius 3 is 2.76 bits per heavy atom. The van der Waals surface area contributed by atoms with E-state index in [9.17, 15) is 9.59 Å². The molecule has 4 aromatic rings. The van der Waals surface area contributed by atoms with Crippen molar-refractivity contribution >= 4 is 51.5 Å². The molecule has 5 rings (SSSR count). The molecule has 1 aliphatic carbocycles. The van der Waals surface area contributed by atoms with Crippen molar-refractivity contribution in [1.29, 1.82) is 0 Å². The summed E-state index contributed by atoms with van der Waals surface area (Å²) >= 11 is 2.81. The lowest BCUT2D eigenvalue weighted by atomic mass is 10.1. The van der Waals surface area contributed by atoms with Crippen LogP contribution in [-0.2, 0) is 0 Å². The van der Waals surface area contributed by atoms with Crippen molar-refractivity contribution in [1.82, 2.24) is 14.5 Å². The van der Waals surface area contributed by atoms with Crippen LogP contribution in [0.5, 0.6) is 0 Å². The summed E-state index contributed by atoms with van der Waals surface area (Å²) in [5.41, 5.74) is 2.36. The summed E-state index contributed by atoms with van der Waals surface area (Å²) in [6, 6.07) is 7.47. The van der Waals surface area contributed by atoms with Crippen LogP contribution in [0, 0.1) is 0 Å². The van der Waals surface area contributed by atoms with Crippen LogP contribution in [0.2, 0.25) is 0 Å². The third-order valence-corrected chi connectivity index (χ3v) is 6.00. The molecule has 0 N–H and O–H groups in total. The summed E-state index contributed by atoms with van der Waals surface area (Å²) < 4.78 is 1.95. The highest BCUT2D eigenvalue weighted by Crippen LogP contribution is 2.33. The second-order valence-electron chi connectivity index (χ2n) is 5.51. The quantitative estimate of drug-likeness (QED) is 0.399. The number of nitrogens with zero attached hydrogens (tertiary/aromatic N) is 3. The molecule has 4 aromatic heterocycles. The zero-order chi connectivity index (χ0) is 17.0. The van der Waals surface area contributed by atoms with Gasteiger partial charge in [-0.1, -0.05) is 0 Å². The zero-order valence-corrected chi connectivity index (χ0v) is 14.3. The molecule has 4 heterocycles. The van der Waals surface area contributed by atoms with E-state index in [1.165, 1.54) is 22.7 Å². The molecule has 0 fully saturated rings. The van der Waals surface area contributed by atoms with Gasteiger partial charge in [-0.05, 0) is 35.7 Å². The van der Waals surface area contributed by atoms with E-state index >= 15 is 0 Å². The lowest BCUT2D eigenvalue weighted by Gasteiger charge is -1.99. The minimum absolute atomic E-state index is 0.178. The molecule has 0 atom stereocenters. The number of allylic oxidation sites excluding steroid dienone is 1. The van der Waals surface area contributed by atoms with Crippen LogP contribution in [0.15, 0.2) is 53.8 Å². The molecule has 0 unspecified atom stereocenters. The SMILES string of the molecule is O=C1/C(=C\c2ccc(-n3ccc4nccnc43)s2)C(=O)c2sccc21. The van der Waals surface area contributed by atoms with Crippen LogP contribution in [-0.4, -0.2) is 26.1 Å². The lowest BCUT2D eigenvalue weighted by Crippen LogP contribution is -1.99. The number of ketones is 2. The minimum atomic E-state index is -0.187. The molecule has 1 aliphatic rings. The molecule has 0 bridgehead atoms. The van der Waals surface area contributed by atoms with E-state index in [1.54, 1.807) is 29.9 Å². The second kappa shape index (κ2) is 5.30. The molecule has 0 amide bonds. The van der Waals surface area contributed by atoms with Crippen LogP contribution in [0.1, 0.15) is 24.9 Å². The number of aromatic nitrogens is 3. The maximum atomic E-state index is 12.4. The lowest BCUT2D eigenvalue weighted by molar-refractivity contribution is 0.0991. The van der Waals surface area contributed by atoms with Gasteiger partial charge in [-0.15, -0.1) is 22.7 Å². The third kappa shape index (κ3) is 2.13. The molecule has 25 heavy (non-hydrogen) atoms. The van der Waals surface area contributed by atoms with Gasteiger partial charge in [-0.25, -0.2) is 4.98 Å². The van der Waals surface area contributed by atoms with E-state index in [4.69, 9.17) is 0 Å². The predicted octanol–water partition coefficient (Wildman–Crippen LogP) is 4.01. The van der Waals surface area contributed by atoms with Gasteiger partial charge in [0.25, 0.3) is 0 Å². The van der Waals surface area contributed by atoms with E-state index in [0.717, 1.165) is 21.0 Å². The van der Waals surface area contributed by atoms with Gasteiger partial charge < -0.3 is 0 Å². The van der Waals surface area contributed by atoms with Gasteiger partial charge in [0.15, 0.2) is 11.4 Å². The Labute approximate surface area is 149 Å². The first-order valence-electron chi connectivity index (χ1n) is 7.49. The normalized spacial score (nSPS) is 15.4. The highest BCUT2D eigenvalue weighted by molar-refractivity contribution is 7.15. The van der Waals surface area contributed by atoms with Crippen LogP contribution < -0.4 is 0 Å². The summed E-state index contributed by atoms with van der Waals surface area (Å²) in [7, 11) is 0. The van der Waals surface area contributed by atoms with Crippen LogP contribution in [0.3, 0.4) is 0 Å². The fourth-order valence-corrected chi connectivity index (χ4v) is 4.68. The molecule has 0 radical (unpaired) electrons. The Morgan fingerprint density at radius 1 is 1.00 bits per heavy atom. The summed E-state index contributed by atoms with van der Waals surface area (Å²) in [4.78, 5) is 34.8. The molecule has 0 saturated carbocycles. The molecular formula is C18H9N3O2S2. The van der Waals surface area contributed by atoms with Gasteiger partial charge in [0, 0.05) is 29.0 Å². The van der Waals surface area contributed by atoms with Gasteiger partial charge in [-0.2, -0.15) is 0 Å². The van der Waals surface area contributed by atoms with Gasteiger partial charge in [0.2, 0.25) is 5.78 Å². The van der Waals surface area contributed by atoms with Gasteiger partial charge in [0.05, 0.1) is 10.5 Å². The molecular weight excluding hydrogens is 354 g/mol. The highest BCUT2D eigenvalue weighted by Gasteiger charge is 2.34. The van der Waals surface area contributed by atoms with Crippen molar-refractivity contribution < 1.29 is 9.59 Å². The second-order valence-corrected chi connectivity index (χ2v) is 7.52. The van der Waals surface area contributed by atoms with Crippen molar-refractivity contribution in [3.8, 4) is 5.00 Å². The zero-order valence-electron chi connectivity index (χ0n) is 12.7. The smallest absolute Gasteiger partial charge is 0.207 e. The fourth-order valence-electron chi connectivity index (χ4n) is 2.90. The Morgan fingerprint density at radius 2 is 1.88 bits per heavy atom. The van der Waals surface area contributed by atoms with Crippen molar-refractivity contribution in [2.45, 2.75) is 0 Å². The summed E-state index contributed by atoms with van der Waals surface area (Å²) in [5.74, 6) is -0.365. The number of fused-ring (bicyclic) bond motifs is 2. The van der Waals surface area contributed by atoms with Crippen molar-refractivity contribution in [3.05, 3.63) is 69.1 Å². The minimum Gasteiger partial charge on any atom is -0.291 e. The first-order valence-corrected chi connectivity index (χ1v) is 9.19. The maximum absolute atomic E-state index is 12.4. The molecule has 7 heteroatoms. The average Bonchev–Trinajstić information content (AvgIpc) is 3.38. The van der Waals surface area contributed by atoms with Crippen LogP contribution in [0.4, 0.5) is 0 Å². The number of hydrogen-bond acceptors (Lipinski definition) is 6. The number of Topliss-reactive ketones (excluding diaryl/α,β-unsaturated/α-hetero) is 2. The Bertz CT molecular complexity index is 1160. The van der Waals surface area contributed by atoms with E-state index in [1.807, 2.05) is 29.0 Å². The third-order valence-electron chi connectivity index (χ3n) is 4.06. The van der Waals surface area contributed by atoms with Gasteiger partial charge in [0.1, 0.15) is 10.5 Å². The van der Waals surface area contributed by atoms with Crippen LogP contribution >= 0.6 is 22.7 Å². The molecule has 120 valence electrons. The van der Waals surface area contributed by atoms with E-state index in [0.29, 0.717) is 10.4 Å². The van der Waals surface area contributed by atoms with E-state index in [2.05, 4.69) is 9.97 Å². The average molecular weight is 363 g/mol. The highest BCUT2D eigenvalue weighted by atomic mass is 32.1. The van der Waals surface area contributed by atoms with Crippen LogP contribution in [0.25, 0.3) is 22.2 Å². The molecule has 5 nitrogen and oxygen atoms in total. The van der Waals surface area contributed by atoms with Gasteiger partial charge in [-0.3, -0.25) is 19.1 Å². The maximum Gasteiger partial charge on any atom is 0.207 e. The van der Waals surface area contributed by atoms with Crippen molar-refractivity contribution in [2.24, 2.45) is 0 Å². The number of thiophene rings is 2. The Kier molecular flexibility index (Phi) is 3.06. The van der Waals surface area contributed by atoms with E-state index < -0.39 is 0 Å². The number of carbonyl (C=O) groups excluding carboxylic acids is 2. The topological polar surface area (TPSA) is 64.8 Å². The molecule has 0 aliphatic heterocycles. The Hall–Kier alpha value is -2.90. The largest absolute Gasteiger partial charge is 0.291 e.